The molecule has 1 N–H and O–H groups in total. The van der Waals surface area contributed by atoms with Crippen LogP contribution in [0.25, 0.3) is 5.82 Å². The van der Waals surface area contributed by atoms with Gasteiger partial charge < -0.3 is 10.2 Å². The number of sulfone groups is 1. The third-order valence-electron chi connectivity index (χ3n) is 5.11. The molecule has 0 spiro atoms. The second-order valence-corrected chi connectivity index (χ2v) is 9.32. The van der Waals surface area contributed by atoms with Gasteiger partial charge in [0.15, 0.2) is 15.7 Å². The lowest BCUT2D eigenvalue weighted by Gasteiger charge is -2.22. The fourth-order valence-corrected chi connectivity index (χ4v) is 5.33. The Kier molecular flexibility index (Phi) is 4.84. The number of nitrogens with zero attached hydrogens (tertiary/aromatic N) is 5. The van der Waals surface area contributed by atoms with Crippen molar-refractivity contribution in [3.63, 3.8) is 0 Å². The van der Waals surface area contributed by atoms with Crippen LogP contribution < -0.4 is 5.32 Å². The molecule has 0 aromatic carbocycles. The van der Waals surface area contributed by atoms with E-state index in [1.54, 1.807) is 23.5 Å². The molecular formula is C17H20N6O4S. The molecule has 2 aliphatic rings. The topological polar surface area (TPSA) is 127 Å². The van der Waals surface area contributed by atoms with Crippen LogP contribution in [0, 0.1) is 5.92 Å². The summed E-state index contributed by atoms with van der Waals surface area (Å²) in [6.07, 6.45) is 5.18. The van der Waals surface area contributed by atoms with Crippen molar-refractivity contribution >= 4 is 21.7 Å². The summed E-state index contributed by atoms with van der Waals surface area (Å²) in [7, 11) is -3.07. The van der Waals surface area contributed by atoms with E-state index >= 15 is 0 Å². The van der Waals surface area contributed by atoms with Gasteiger partial charge in [0.2, 0.25) is 11.8 Å². The second kappa shape index (κ2) is 7.30. The zero-order valence-electron chi connectivity index (χ0n) is 15.1. The van der Waals surface area contributed by atoms with Crippen LogP contribution >= 0.6 is 0 Å². The number of amides is 2. The van der Waals surface area contributed by atoms with Crippen LogP contribution in [0.1, 0.15) is 18.4 Å². The van der Waals surface area contributed by atoms with Crippen molar-refractivity contribution in [1.29, 1.82) is 0 Å². The number of likely N-dealkylation sites (tertiary alicyclic amines) is 1. The van der Waals surface area contributed by atoms with E-state index in [2.05, 4.69) is 20.4 Å². The van der Waals surface area contributed by atoms with Gasteiger partial charge in [-0.05, 0) is 18.1 Å². The number of nitrogens with one attached hydrogen (secondary N) is 1. The van der Waals surface area contributed by atoms with Crippen molar-refractivity contribution in [3.05, 3.63) is 36.5 Å². The molecule has 2 saturated heterocycles. The summed E-state index contributed by atoms with van der Waals surface area (Å²) < 4.78 is 24.8. The van der Waals surface area contributed by atoms with Crippen molar-refractivity contribution in [3.8, 4) is 5.82 Å². The molecule has 11 heteroatoms. The first-order valence-electron chi connectivity index (χ1n) is 8.99. The van der Waals surface area contributed by atoms with E-state index in [0.717, 1.165) is 5.56 Å². The largest absolute Gasteiger partial charge is 0.352 e. The SMILES string of the molecule is O=C(NCc1ccc(-n2cncn2)nc1)[C@H]1CC(=O)N([C@@H]2CCS(=O)(=O)C2)C1. The molecule has 0 unspecified atom stereocenters. The first kappa shape index (κ1) is 18.5. The van der Waals surface area contributed by atoms with Gasteiger partial charge in [-0.3, -0.25) is 9.59 Å². The Morgan fingerprint density at radius 1 is 1.32 bits per heavy atom. The molecule has 148 valence electrons. The smallest absolute Gasteiger partial charge is 0.225 e. The van der Waals surface area contributed by atoms with Crippen molar-refractivity contribution in [1.82, 2.24) is 30.0 Å². The van der Waals surface area contributed by atoms with Gasteiger partial charge in [-0.1, -0.05) is 6.07 Å². The van der Waals surface area contributed by atoms with E-state index in [4.69, 9.17) is 0 Å². The minimum atomic E-state index is -3.07. The monoisotopic (exact) mass is 404 g/mol. The maximum atomic E-state index is 12.5. The van der Waals surface area contributed by atoms with Gasteiger partial charge in [0.05, 0.1) is 17.4 Å². The average molecular weight is 404 g/mol. The van der Waals surface area contributed by atoms with Crippen LogP contribution in [0.5, 0.6) is 0 Å². The molecule has 2 amide bonds. The number of aromatic nitrogens is 4. The Hall–Kier alpha value is -2.82. The highest BCUT2D eigenvalue weighted by Gasteiger charge is 2.41. The number of hydrogen-bond donors (Lipinski definition) is 1. The summed E-state index contributed by atoms with van der Waals surface area (Å²) in [6.45, 7) is 0.570. The first-order valence-corrected chi connectivity index (χ1v) is 10.8. The van der Waals surface area contributed by atoms with Gasteiger partial charge in [-0.15, -0.1) is 0 Å². The highest BCUT2D eigenvalue weighted by atomic mass is 32.2. The highest BCUT2D eigenvalue weighted by molar-refractivity contribution is 7.91. The standard InChI is InChI=1S/C17H20N6O4S/c24-16-5-13(8-22(16)14-3-4-28(26,27)9-14)17(25)20-7-12-1-2-15(19-6-12)23-11-18-10-21-23/h1-2,6,10-11,13-14H,3-5,7-9H2,(H,20,25)/t13-,14+/m0/s1. The molecule has 28 heavy (non-hydrogen) atoms. The minimum Gasteiger partial charge on any atom is -0.352 e. The van der Waals surface area contributed by atoms with E-state index in [0.29, 0.717) is 18.8 Å². The zero-order chi connectivity index (χ0) is 19.7. The van der Waals surface area contributed by atoms with E-state index < -0.39 is 15.8 Å². The Morgan fingerprint density at radius 2 is 2.18 bits per heavy atom. The van der Waals surface area contributed by atoms with Crippen LogP contribution in [-0.4, -0.2) is 69.0 Å². The average Bonchev–Trinajstić information content (AvgIpc) is 3.40. The molecular weight excluding hydrogens is 384 g/mol. The molecule has 2 aromatic rings. The molecule has 0 bridgehead atoms. The van der Waals surface area contributed by atoms with Gasteiger partial charge in [-0.25, -0.2) is 23.1 Å². The van der Waals surface area contributed by atoms with Crippen LogP contribution in [0.2, 0.25) is 0 Å². The molecule has 0 aliphatic carbocycles. The van der Waals surface area contributed by atoms with E-state index in [1.165, 1.54) is 11.0 Å². The van der Waals surface area contributed by atoms with Crippen molar-refractivity contribution in [2.45, 2.75) is 25.4 Å². The summed E-state index contributed by atoms with van der Waals surface area (Å²) >= 11 is 0. The summed E-state index contributed by atoms with van der Waals surface area (Å²) in [4.78, 5) is 34.4. The fraction of sp³-hybridized carbons (Fsp3) is 0.471. The lowest BCUT2D eigenvalue weighted by atomic mass is 10.1. The highest BCUT2D eigenvalue weighted by Crippen LogP contribution is 2.26. The quantitative estimate of drug-likeness (QED) is 0.699. The normalized spacial score (nSPS) is 23.9. The summed E-state index contributed by atoms with van der Waals surface area (Å²) in [5.74, 6) is -0.0975. The Labute approximate surface area is 161 Å². The molecule has 10 nitrogen and oxygen atoms in total. The number of hydrogen-bond acceptors (Lipinski definition) is 7. The maximum Gasteiger partial charge on any atom is 0.225 e. The number of carbonyl (C=O) groups is 2. The predicted molar refractivity (Wildman–Crippen MR) is 97.9 cm³/mol. The molecule has 2 fully saturated rings. The molecule has 2 atom stereocenters. The zero-order valence-corrected chi connectivity index (χ0v) is 15.9. The van der Waals surface area contributed by atoms with Gasteiger partial charge in [-0.2, -0.15) is 5.10 Å². The second-order valence-electron chi connectivity index (χ2n) is 7.09. The molecule has 4 heterocycles. The van der Waals surface area contributed by atoms with Gasteiger partial charge in [0, 0.05) is 31.7 Å². The van der Waals surface area contributed by atoms with Crippen molar-refractivity contribution < 1.29 is 18.0 Å². The molecule has 0 saturated carbocycles. The van der Waals surface area contributed by atoms with E-state index in [9.17, 15) is 18.0 Å². The van der Waals surface area contributed by atoms with Crippen molar-refractivity contribution in [2.24, 2.45) is 5.92 Å². The van der Waals surface area contributed by atoms with Crippen molar-refractivity contribution in [2.75, 3.05) is 18.1 Å². The van der Waals surface area contributed by atoms with Crippen LogP contribution in [-0.2, 0) is 26.0 Å². The lowest BCUT2D eigenvalue weighted by molar-refractivity contribution is -0.130. The number of rotatable bonds is 5. The van der Waals surface area contributed by atoms with Crippen LogP contribution in [0.15, 0.2) is 31.0 Å². The summed E-state index contributed by atoms with van der Waals surface area (Å²) in [5.41, 5.74) is 0.820. The number of carbonyl (C=O) groups excluding carboxylic acids is 2. The van der Waals surface area contributed by atoms with Crippen LogP contribution in [0.4, 0.5) is 0 Å². The van der Waals surface area contributed by atoms with E-state index in [-0.39, 0.29) is 42.3 Å². The summed E-state index contributed by atoms with van der Waals surface area (Å²) in [5, 5.41) is 6.83. The first-order chi connectivity index (χ1) is 13.4. The van der Waals surface area contributed by atoms with Gasteiger partial charge in [0.25, 0.3) is 0 Å². The molecule has 4 rings (SSSR count). The molecule has 0 radical (unpaired) electrons. The minimum absolute atomic E-state index is 0.00311. The summed E-state index contributed by atoms with van der Waals surface area (Å²) in [6, 6.07) is 3.31. The van der Waals surface area contributed by atoms with Gasteiger partial charge >= 0.3 is 0 Å². The van der Waals surface area contributed by atoms with Crippen LogP contribution in [0.3, 0.4) is 0 Å². The Morgan fingerprint density at radius 3 is 2.82 bits per heavy atom. The Balaban J connectivity index is 1.31. The van der Waals surface area contributed by atoms with E-state index in [1.807, 2.05) is 6.07 Å². The lowest BCUT2D eigenvalue weighted by Crippen LogP contribution is -2.39. The molecule has 2 aromatic heterocycles. The molecule has 2 aliphatic heterocycles. The maximum absolute atomic E-state index is 12.5. The third kappa shape index (κ3) is 3.88. The fourth-order valence-electron chi connectivity index (χ4n) is 3.60. The van der Waals surface area contributed by atoms with Gasteiger partial charge in [0.1, 0.15) is 12.7 Å². The number of pyridine rings is 1. The Bertz CT molecular complexity index is 974. The third-order valence-corrected chi connectivity index (χ3v) is 6.86. The predicted octanol–water partition coefficient (Wildman–Crippen LogP) is -0.686.